The van der Waals surface area contributed by atoms with Gasteiger partial charge in [-0.3, -0.25) is 9.59 Å². The van der Waals surface area contributed by atoms with E-state index in [2.05, 4.69) is 9.97 Å². The van der Waals surface area contributed by atoms with Gasteiger partial charge >= 0.3 is 0 Å². The molecule has 0 spiro atoms. The van der Waals surface area contributed by atoms with Gasteiger partial charge in [0.2, 0.25) is 5.91 Å². The summed E-state index contributed by atoms with van der Waals surface area (Å²) >= 11 is 4.39. The Hall–Kier alpha value is -1.81. The van der Waals surface area contributed by atoms with Crippen LogP contribution in [0.4, 0.5) is 0 Å². The Morgan fingerprint density at radius 2 is 2.04 bits per heavy atom. The molecule has 1 aliphatic rings. The fraction of sp³-hybridized carbons (Fsp3) is 0.333. The predicted molar refractivity (Wildman–Crippen MR) is 108 cm³/mol. The molecular formula is C18H17N3O3S3. The number of ketones is 1. The molecule has 1 fully saturated rings. The van der Waals surface area contributed by atoms with Crippen molar-refractivity contribution in [3.63, 3.8) is 0 Å². The van der Waals surface area contributed by atoms with Crippen LogP contribution in [-0.2, 0) is 16.0 Å². The molecule has 0 atom stereocenters. The minimum absolute atomic E-state index is 0.0528. The van der Waals surface area contributed by atoms with Gasteiger partial charge in [-0.05, 0) is 23.6 Å². The maximum atomic E-state index is 12.5. The lowest BCUT2D eigenvalue weighted by Crippen LogP contribution is -2.41. The molecule has 9 heteroatoms. The highest BCUT2D eigenvalue weighted by atomic mass is 32.2. The van der Waals surface area contributed by atoms with Crippen molar-refractivity contribution in [3.8, 4) is 0 Å². The number of carbonyl (C=O) groups is 2. The average Bonchev–Trinajstić information content (AvgIpc) is 3.36. The van der Waals surface area contributed by atoms with Crippen molar-refractivity contribution in [1.29, 1.82) is 0 Å². The summed E-state index contributed by atoms with van der Waals surface area (Å²) in [4.78, 5) is 37.7. The summed E-state index contributed by atoms with van der Waals surface area (Å²) in [5.74, 6) is 0.464. The lowest BCUT2D eigenvalue weighted by atomic mass is 10.3. The Morgan fingerprint density at radius 3 is 2.89 bits per heavy atom. The summed E-state index contributed by atoms with van der Waals surface area (Å²) < 4.78 is 5.27. The van der Waals surface area contributed by atoms with Gasteiger partial charge in [-0.25, -0.2) is 9.97 Å². The first-order chi connectivity index (χ1) is 13.2. The molecule has 0 bridgehead atoms. The maximum absolute atomic E-state index is 12.5. The molecule has 0 unspecified atom stereocenters. The Labute approximate surface area is 168 Å². The number of carbonyl (C=O) groups excluding carboxylic acids is 2. The molecule has 6 nitrogen and oxygen atoms in total. The van der Waals surface area contributed by atoms with E-state index in [0.29, 0.717) is 43.4 Å². The number of thiophene rings is 2. The van der Waals surface area contributed by atoms with Crippen molar-refractivity contribution >= 4 is 56.3 Å². The van der Waals surface area contributed by atoms with Gasteiger partial charge in [-0.15, -0.1) is 22.7 Å². The van der Waals surface area contributed by atoms with Crippen LogP contribution in [0.1, 0.15) is 14.5 Å². The second kappa shape index (κ2) is 8.47. The summed E-state index contributed by atoms with van der Waals surface area (Å²) in [5.41, 5.74) is 0. The highest BCUT2D eigenvalue weighted by Crippen LogP contribution is 2.29. The van der Waals surface area contributed by atoms with Crippen LogP contribution in [0.3, 0.4) is 0 Å². The third kappa shape index (κ3) is 4.37. The van der Waals surface area contributed by atoms with Gasteiger partial charge in [0.05, 0.1) is 30.3 Å². The molecule has 0 aliphatic carbocycles. The molecule has 27 heavy (non-hydrogen) atoms. The van der Waals surface area contributed by atoms with E-state index < -0.39 is 0 Å². The number of fused-ring (bicyclic) bond motifs is 1. The molecule has 1 amide bonds. The van der Waals surface area contributed by atoms with Crippen molar-refractivity contribution in [3.05, 3.63) is 39.7 Å². The summed E-state index contributed by atoms with van der Waals surface area (Å²) in [5, 5.41) is 3.79. The van der Waals surface area contributed by atoms with Gasteiger partial charge in [-0.1, -0.05) is 11.8 Å². The average molecular weight is 420 g/mol. The van der Waals surface area contributed by atoms with Crippen molar-refractivity contribution in [2.45, 2.75) is 11.4 Å². The zero-order chi connectivity index (χ0) is 18.6. The Balaban J connectivity index is 1.35. The molecule has 140 valence electrons. The number of hydrogen-bond donors (Lipinski definition) is 0. The zero-order valence-electron chi connectivity index (χ0n) is 14.4. The molecule has 4 heterocycles. The van der Waals surface area contributed by atoms with Crippen LogP contribution in [0, 0.1) is 0 Å². The smallest absolute Gasteiger partial charge is 0.227 e. The second-order valence-corrected chi connectivity index (χ2v) is 8.99. The number of aromatic nitrogens is 2. The minimum Gasteiger partial charge on any atom is -0.378 e. The number of ether oxygens (including phenoxy) is 1. The minimum atomic E-state index is 0.0528. The van der Waals surface area contributed by atoms with E-state index in [9.17, 15) is 9.59 Å². The van der Waals surface area contributed by atoms with Crippen LogP contribution in [0.5, 0.6) is 0 Å². The van der Waals surface area contributed by atoms with Crippen molar-refractivity contribution in [2.75, 3.05) is 32.1 Å². The third-order valence-corrected chi connectivity index (χ3v) is 7.14. The van der Waals surface area contributed by atoms with Crippen LogP contribution in [0.2, 0.25) is 0 Å². The van der Waals surface area contributed by atoms with Crippen molar-refractivity contribution < 1.29 is 14.3 Å². The first-order valence-electron chi connectivity index (χ1n) is 8.49. The molecule has 4 rings (SSSR count). The fourth-order valence-corrected chi connectivity index (χ4v) is 5.47. The number of rotatable bonds is 6. The summed E-state index contributed by atoms with van der Waals surface area (Å²) in [6, 6.07) is 5.67. The lowest BCUT2D eigenvalue weighted by Gasteiger charge is -2.26. The summed E-state index contributed by atoms with van der Waals surface area (Å²) in [7, 11) is 0. The summed E-state index contributed by atoms with van der Waals surface area (Å²) in [6.07, 6.45) is 1.87. The van der Waals surface area contributed by atoms with Gasteiger partial charge < -0.3 is 9.64 Å². The van der Waals surface area contributed by atoms with E-state index in [1.807, 2.05) is 28.5 Å². The normalized spacial score (nSPS) is 14.6. The number of hydrogen-bond acceptors (Lipinski definition) is 8. The number of amides is 1. The van der Waals surface area contributed by atoms with E-state index in [1.165, 1.54) is 29.4 Å². The monoisotopic (exact) mass is 419 g/mol. The van der Waals surface area contributed by atoms with E-state index in [4.69, 9.17) is 4.74 Å². The first kappa shape index (κ1) is 18.5. The number of morpholine rings is 1. The highest BCUT2D eigenvalue weighted by molar-refractivity contribution is 8.00. The second-order valence-electron chi connectivity index (χ2n) is 5.97. The van der Waals surface area contributed by atoms with E-state index in [0.717, 1.165) is 20.1 Å². The maximum Gasteiger partial charge on any atom is 0.227 e. The van der Waals surface area contributed by atoms with Gasteiger partial charge in [-0.2, -0.15) is 0 Å². The molecule has 3 aromatic heterocycles. The quantitative estimate of drug-likeness (QED) is 0.347. The standard InChI is InChI=1S/C18H17N3O3S3/c22-14(10-26-18-13-3-8-25-17(13)19-11-20-18)15-2-1-12(27-15)9-16(23)21-4-6-24-7-5-21/h1-3,8,11H,4-7,9-10H2. The lowest BCUT2D eigenvalue weighted by molar-refractivity contribution is -0.134. The predicted octanol–water partition coefficient (Wildman–Crippen LogP) is 3.13. The zero-order valence-corrected chi connectivity index (χ0v) is 16.9. The number of thioether (sulfide) groups is 1. The van der Waals surface area contributed by atoms with E-state index >= 15 is 0 Å². The summed E-state index contributed by atoms with van der Waals surface area (Å²) in [6.45, 7) is 2.47. The van der Waals surface area contributed by atoms with Gasteiger partial charge in [0.1, 0.15) is 16.2 Å². The molecular weight excluding hydrogens is 402 g/mol. The largest absolute Gasteiger partial charge is 0.378 e. The van der Waals surface area contributed by atoms with Crippen LogP contribution < -0.4 is 0 Å². The van der Waals surface area contributed by atoms with Crippen LogP contribution >= 0.6 is 34.4 Å². The van der Waals surface area contributed by atoms with Crippen LogP contribution in [0.25, 0.3) is 10.2 Å². The Morgan fingerprint density at radius 1 is 1.19 bits per heavy atom. The molecule has 1 saturated heterocycles. The third-order valence-electron chi connectivity index (χ3n) is 4.19. The fourth-order valence-electron chi connectivity index (χ4n) is 2.78. The van der Waals surface area contributed by atoms with Gasteiger partial charge in [0, 0.05) is 23.4 Å². The molecule has 0 saturated carbocycles. The Kier molecular flexibility index (Phi) is 5.82. The molecule has 3 aromatic rings. The van der Waals surface area contributed by atoms with Crippen molar-refractivity contribution in [2.24, 2.45) is 0 Å². The topological polar surface area (TPSA) is 72.4 Å². The number of Topliss-reactive ketones (excluding diaryl/α,β-unsaturated/α-hetero) is 1. The van der Waals surface area contributed by atoms with E-state index in [-0.39, 0.29) is 11.7 Å². The van der Waals surface area contributed by atoms with Crippen LogP contribution in [0.15, 0.2) is 34.9 Å². The first-order valence-corrected chi connectivity index (χ1v) is 11.2. The highest BCUT2D eigenvalue weighted by Gasteiger charge is 2.19. The van der Waals surface area contributed by atoms with Crippen molar-refractivity contribution in [1.82, 2.24) is 14.9 Å². The van der Waals surface area contributed by atoms with Gasteiger partial charge in [0.15, 0.2) is 5.78 Å². The molecule has 1 aliphatic heterocycles. The molecule has 0 aromatic carbocycles. The Bertz CT molecular complexity index is 963. The SMILES string of the molecule is O=C(CSc1ncnc2sccc12)c1ccc(CC(=O)N2CCOCC2)s1. The van der Waals surface area contributed by atoms with Gasteiger partial charge in [0.25, 0.3) is 0 Å². The van der Waals surface area contributed by atoms with Crippen LogP contribution in [-0.4, -0.2) is 58.6 Å². The molecule has 0 radical (unpaired) electrons. The number of nitrogens with zero attached hydrogens (tertiary/aromatic N) is 3. The van der Waals surface area contributed by atoms with E-state index in [1.54, 1.807) is 11.3 Å². The molecule has 0 N–H and O–H groups in total.